The van der Waals surface area contributed by atoms with Gasteiger partial charge in [-0.2, -0.15) is 0 Å². The zero-order valence-corrected chi connectivity index (χ0v) is 14.7. The molecule has 0 bridgehead atoms. The largest absolute Gasteiger partial charge is 0.495 e. The van der Waals surface area contributed by atoms with Gasteiger partial charge >= 0.3 is 5.97 Å². The van der Waals surface area contributed by atoms with Crippen molar-refractivity contribution in [2.24, 2.45) is 5.41 Å². The third-order valence-electron chi connectivity index (χ3n) is 4.06. The lowest BCUT2D eigenvalue weighted by atomic mass is 9.80. The maximum absolute atomic E-state index is 12.5. The van der Waals surface area contributed by atoms with Crippen LogP contribution in [0.4, 0.5) is 5.69 Å². The van der Waals surface area contributed by atoms with Gasteiger partial charge in [-0.25, -0.2) is 0 Å². The van der Waals surface area contributed by atoms with Crippen LogP contribution < -0.4 is 10.1 Å². The SMILES string of the molecule is CCOC(=O)C(C)(C)C(Nc1ccccc1OC)c1ccccc1. The molecule has 0 fully saturated rings. The third-order valence-corrected chi connectivity index (χ3v) is 4.06. The summed E-state index contributed by atoms with van der Waals surface area (Å²) in [7, 11) is 1.63. The van der Waals surface area contributed by atoms with Crippen molar-refractivity contribution in [1.29, 1.82) is 0 Å². The van der Waals surface area contributed by atoms with Gasteiger partial charge in [0.15, 0.2) is 0 Å². The van der Waals surface area contributed by atoms with Gasteiger partial charge in [0, 0.05) is 0 Å². The Kier molecular flexibility index (Phi) is 5.85. The summed E-state index contributed by atoms with van der Waals surface area (Å²) in [5, 5.41) is 3.47. The van der Waals surface area contributed by atoms with Gasteiger partial charge in [0.05, 0.1) is 30.9 Å². The summed E-state index contributed by atoms with van der Waals surface area (Å²) < 4.78 is 10.7. The molecule has 1 unspecified atom stereocenters. The number of hydrogen-bond donors (Lipinski definition) is 1. The molecule has 24 heavy (non-hydrogen) atoms. The van der Waals surface area contributed by atoms with Crippen molar-refractivity contribution in [3.05, 3.63) is 60.2 Å². The molecule has 0 radical (unpaired) electrons. The number of para-hydroxylation sites is 2. The first-order valence-electron chi connectivity index (χ1n) is 8.12. The molecule has 0 aliphatic heterocycles. The summed E-state index contributed by atoms with van der Waals surface area (Å²) in [5.41, 5.74) is 1.10. The number of nitrogens with one attached hydrogen (secondary N) is 1. The van der Waals surface area contributed by atoms with E-state index in [4.69, 9.17) is 9.47 Å². The van der Waals surface area contributed by atoms with Crippen molar-refractivity contribution in [1.82, 2.24) is 0 Å². The lowest BCUT2D eigenvalue weighted by molar-refractivity contribution is -0.154. The Bertz CT molecular complexity index is 668. The fourth-order valence-corrected chi connectivity index (χ4v) is 2.68. The second-order valence-electron chi connectivity index (χ2n) is 6.13. The van der Waals surface area contributed by atoms with E-state index in [2.05, 4.69) is 5.32 Å². The molecule has 0 aliphatic carbocycles. The molecule has 128 valence electrons. The molecular weight excluding hydrogens is 302 g/mol. The van der Waals surface area contributed by atoms with Crippen molar-refractivity contribution < 1.29 is 14.3 Å². The molecule has 0 amide bonds. The Morgan fingerprint density at radius 1 is 1.08 bits per heavy atom. The molecule has 0 saturated carbocycles. The zero-order valence-electron chi connectivity index (χ0n) is 14.7. The summed E-state index contributed by atoms with van der Waals surface area (Å²) >= 11 is 0. The third kappa shape index (κ3) is 3.88. The van der Waals surface area contributed by atoms with Crippen LogP contribution in [0, 0.1) is 5.41 Å². The van der Waals surface area contributed by atoms with E-state index in [9.17, 15) is 4.79 Å². The first-order valence-corrected chi connectivity index (χ1v) is 8.12. The maximum Gasteiger partial charge on any atom is 0.313 e. The summed E-state index contributed by atoms with van der Waals surface area (Å²) in [6, 6.07) is 17.3. The van der Waals surface area contributed by atoms with E-state index in [0.29, 0.717) is 6.61 Å². The number of carbonyl (C=O) groups excluding carboxylic acids is 1. The number of carbonyl (C=O) groups is 1. The van der Waals surface area contributed by atoms with Crippen LogP contribution in [0.15, 0.2) is 54.6 Å². The van der Waals surface area contributed by atoms with Gasteiger partial charge in [-0.1, -0.05) is 42.5 Å². The van der Waals surface area contributed by atoms with Crippen molar-refractivity contribution >= 4 is 11.7 Å². The zero-order chi connectivity index (χ0) is 17.6. The van der Waals surface area contributed by atoms with Crippen LogP contribution in [0.5, 0.6) is 5.75 Å². The minimum Gasteiger partial charge on any atom is -0.495 e. The van der Waals surface area contributed by atoms with Gasteiger partial charge in [0.2, 0.25) is 0 Å². The molecule has 0 saturated heterocycles. The van der Waals surface area contributed by atoms with Crippen LogP contribution >= 0.6 is 0 Å². The molecule has 0 aliphatic rings. The van der Waals surface area contributed by atoms with Gasteiger partial charge in [0.1, 0.15) is 5.75 Å². The Hall–Kier alpha value is -2.49. The predicted molar refractivity (Wildman–Crippen MR) is 96.2 cm³/mol. The van der Waals surface area contributed by atoms with Crippen LogP contribution in [-0.4, -0.2) is 19.7 Å². The predicted octanol–water partition coefficient (Wildman–Crippen LogP) is 4.44. The van der Waals surface area contributed by atoms with Crippen molar-refractivity contribution in [2.75, 3.05) is 19.0 Å². The fourth-order valence-electron chi connectivity index (χ4n) is 2.68. The molecule has 0 heterocycles. The topological polar surface area (TPSA) is 47.6 Å². The molecule has 4 nitrogen and oxygen atoms in total. The lowest BCUT2D eigenvalue weighted by Crippen LogP contribution is -2.37. The minimum absolute atomic E-state index is 0.235. The van der Waals surface area contributed by atoms with E-state index in [1.165, 1.54) is 0 Å². The first kappa shape index (κ1) is 17.9. The molecule has 0 spiro atoms. The highest BCUT2D eigenvalue weighted by Crippen LogP contribution is 2.39. The summed E-state index contributed by atoms with van der Waals surface area (Å²) in [6.07, 6.45) is 0. The molecule has 1 atom stereocenters. The molecular formula is C20H25NO3. The highest BCUT2D eigenvalue weighted by molar-refractivity contribution is 5.78. The summed E-state index contributed by atoms with van der Waals surface area (Å²) in [4.78, 5) is 12.5. The van der Waals surface area contributed by atoms with E-state index in [1.807, 2.05) is 75.4 Å². The van der Waals surface area contributed by atoms with E-state index < -0.39 is 5.41 Å². The van der Waals surface area contributed by atoms with Crippen molar-refractivity contribution in [2.45, 2.75) is 26.8 Å². The smallest absolute Gasteiger partial charge is 0.313 e. The normalized spacial score (nSPS) is 12.3. The quantitative estimate of drug-likeness (QED) is 0.764. The van der Waals surface area contributed by atoms with Crippen LogP contribution in [0.1, 0.15) is 32.4 Å². The van der Waals surface area contributed by atoms with E-state index in [1.54, 1.807) is 7.11 Å². The van der Waals surface area contributed by atoms with Gasteiger partial charge in [0.25, 0.3) is 0 Å². The molecule has 0 aromatic heterocycles. The number of rotatable bonds is 7. The average molecular weight is 327 g/mol. The van der Waals surface area contributed by atoms with E-state index in [0.717, 1.165) is 17.0 Å². The second-order valence-corrected chi connectivity index (χ2v) is 6.13. The summed E-state index contributed by atoms with van der Waals surface area (Å²) in [5.74, 6) is 0.499. The Balaban J connectivity index is 2.42. The molecule has 1 N–H and O–H groups in total. The van der Waals surface area contributed by atoms with Gasteiger partial charge in [-0.15, -0.1) is 0 Å². The van der Waals surface area contributed by atoms with Gasteiger partial charge in [-0.05, 0) is 38.5 Å². The number of ether oxygens (including phenoxy) is 2. The van der Waals surface area contributed by atoms with Crippen LogP contribution in [0.25, 0.3) is 0 Å². The lowest BCUT2D eigenvalue weighted by Gasteiger charge is -2.34. The Morgan fingerprint density at radius 2 is 1.71 bits per heavy atom. The Morgan fingerprint density at radius 3 is 2.33 bits per heavy atom. The molecule has 4 heteroatoms. The van der Waals surface area contributed by atoms with Crippen LogP contribution in [0.2, 0.25) is 0 Å². The minimum atomic E-state index is -0.752. The van der Waals surface area contributed by atoms with Crippen LogP contribution in [0.3, 0.4) is 0 Å². The van der Waals surface area contributed by atoms with Crippen molar-refractivity contribution in [3.8, 4) is 5.75 Å². The Labute approximate surface area is 143 Å². The number of methoxy groups -OCH3 is 1. The maximum atomic E-state index is 12.5. The summed E-state index contributed by atoms with van der Waals surface area (Å²) in [6.45, 7) is 5.97. The number of benzene rings is 2. The van der Waals surface area contributed by atoms with E-state index >= 15 is 0 Å². The highest BCUT2D eigenvalue weighted by atomic mass is 16.5. The van der Waals surface area contributed by atoms with Crippen molar-refractivity contribution in [3.63, 3.8) is 0 Å². The van der Waals surface area contributed by atoms with E-state index in [-0.39, 0.29) is 12.0 Å². The number of anilines is 1. The van der Waals surface area contributed by atoms with Gasteiger partial charge < -0.3 is 14.8 Å². The first-order chi connectivity index (χ1) is 11.5. The molecule has 2 rings (SSSR count). The monoisotopic (exact) mass is 327 g/mol. The highest BCUT2D eigenvalue weighted by Gasteiger charge is 2.39. The number of esters is 1. The molecule has 2 aromatic carbocycles. The average Bonchev–Trinajstić information content (AvgIpc) is 2.60. The number of hydrogen-bond acceptors (Lipinski definition) is 4. The standard InChI is InChI=1S/C20H25NO3/c1-5-24-19(22)20(2,3)18(15-11-7-6-8-12-15)21-16-13-9-10-14-17(16)23-4/h6-14,18,21H,5H2,1-4H3. The van der Waals surface area contributed by atoms with Gasteiger partial charge in [-0.3, -0.25) is 4.79 Å². The van der Waals surface area contributed by atoms with Crippen LogP contribution in [-0.2, 0) is 9.53 Å². The second kappa shape index (κ2) is 7.86. The molecule has 2 aromatic rings. The fraction of sp³-hybridized carbons (Fsp3) is 0.350.